The van der Waals surface area contributed by atoms with Crippen LogP contribution in [-0.4, -0.2) is 22.4 Å². The summed E-state index contributed by atoms with van der Waals surface area (Å²) in [7, 11) is 0. The number of rotatable bonds is 7. The van der Waals surface area contributed by atoms with Crippen molar-refractivity contribution in [3.8, 4) is 5.75 Å². The number of hydrogen-bond donors (Lipinski definition) is 1. The molecule has 2 heterocycles. The van der Waals surface area contributed by atoms with E-state index >= 15 is 0 Å². The molecule has 0 aliphatic rings. The van der Waals surface area contributed by atoms with E-state index in [0.717, 1.165) is 0 Å². The average molecular weight is 423 g/mol. The standard InChI is InChI=1S/C19H16F3N3O3S/c1-12-9-14(25-28-12)11-29-18-15(6-4-8-23-18)17(26)24-10-13-5-2-3-7-16(13)27-19(20,21)22/h2-9H,10-11H2,1H3,(H,24,26). The highest BCUT2D eigenvalue weighted by Crippen LogP contribution is 2.27. The van der Waals surface area contributed by atoms with Crippen molar-refractivity contribution in [2.75, 3.05) is 0 Å². The van der Waals surface area contributed by atoms with Gasteiger partial charge in [-0.1, -0.05) is 35.1 Å². The zero-order valence-electron chi connectivity index (χ0n) is 15.2. The SMILES string of the molecule is Cc1cc(CSc2ncccc2C(=O)NCc2ccccc2OC(F)(F)F)no1. The fourth-order valence-electron chi connectivity index (χ4n) is 2.45. The normalized spacial score (nSPS) is 11.3. The van der Waals surface area contributed by atoms with E-state index in [4.69, 9.17) is 4.52 Å². The van der Waals surface area contributed by atoms with E-state index in [1.165, 1.54) is 30.0 Å². The van der Waals surface area contributed by atoms with Crippen molar-refractivity contribution >= 4 is 17.7 Å². The van der Waals surface area contributed by atoms with Gasteiger partial charge in [-0.15, -0.1) is 13.2 Å². The van der Waals surface area contributed by atoms with Gasteiger partial charge in [0.05, 0.1) is 11.3 Å². The Morgan fingerprint density at radius 3 is 2.76 bits per heavy atom. The van der Waals surface area contributed by atoms with Crippen LogP contribution in [0.3, 0.4) is 0 Å². The summed E-state index contributed by atoms with van der Waals surface area (Å²) < 4.78 is 46.6. The number of nitrogens with zero attached hydrogens (tertiary/aromatic N) is 2. The predicted octanol–water partition coefficient (Wildman–Crippen LogP) is 4.50. The quantitative estimate of drug-likeness (QED) is 0.564. The molecular formula is C19H16F3N3O3S. The minimum absolute atomic E-state index is 0.132. The third-order valence-corrected chi connectivity index (χ3v) is 4.73. The van der Waals surface area contributed by atoms with Crippen LogP contribution in [0.1, 0.15) is 27.4 Å². The van der Waals surface area contributed by atoms with E-state index in [2.05, 4.69) is 20.2 Å². The number of thioether (sulfide) groups is 1. The molecule has 0 unspecified atom stereocenters. The van der Waals surface area contributed by atoms with E-state index in [1.54, 1.807) is 37.4 Å². The van der Waals surface area contributed by atoms with Crippen LogP contribution >= 0.6 is 11.8 Å². The molecule has 0 aliphatic carbocycles. The Kier molecular flexibility index (Phi) is 6.42. The molecule has 3 aromatic rings. The van der Waals surface area contributed by atoms with Gasteiger partial charge in [0.25, 0.3) is 5.91 Å². The minimum Gasteiger partial charge on any atom is -0.405 e. The van der Waals surface area contributed by atoms with Crippen molar-refractivity contribution in [3.05, 3.63) is 71.2 Å². The van der Waals surface area contributed by atoms with Gasteiger partial charge in [0.1, 0.15) is 16.5 Å². The number of hydrogen-bond acceptors (Lipinski definition) is 6. The fourth-order valence-corrected chi connectivity index (χ4v) is 3.32. The van der Waals surface area contributed by atoms with Crippen LogP contribution in [0.2, 0.25) is 0 Å². The van der Waals surface area contributed by atoms with Crippen molar-refractivity contribution in [2.24, 2.45) is 0 Å². The molecule has 0 aliphatic heterocycles. The first-order valence-electron chi connectivity index (χ1n) is 8.43. The topological polar surface area (TPSA) is 77.2 Å². The summed E-state index contributed by atoms with van der Waals surface area (Å²) in [4.78, 5) is 16.8. The third-order valence-electron chi connectivity index (χ3n) is 3.69. The summed E-state index contributed by atoms with van der Waals surface area (Å²) in [5.74, 6) is 0.317. The van der Waals surface area contributed by atoms with Gasteiger partial charge >= 0.3 is 6.36 Å². The molecule has 0 atom stereocenters. The lowest BCUT2D eigenvalue weighted by molar-refractivity contribution is -0.274. The van der Waals surface area contributed by atoms with Gasteiger partial charge in [-0.05, 0) is 25.1 Å². The maximum atomic E-state index is 12.6. The maximum Gasteiger partial charge on any atom is 0.573 e. The highest BCUT2D eigenvalue weighted by molar-refractivity contribution is 7.98. The Bertz CT molecular complexity index is 992. The fraction of sp³-hybridized carbons (Fsp3) is 0.211. The zero-order chi connectivity index (χ0) is 20.9. The van der Waals surface area contributed by atoms with Crippen LogP contribution in [0.5, 0.6) is 5.75 Å². The number of amides is 1. The Balaban J connectivity index is 1.67. The second-order valence-electron chi connectivity index (χ2n) is 5.91. The molecule has 6 nitrogen and oxygen atoms in total. The van der Waals surface area contributed by atoms with Crippen LogP contribution in [-0.2, 0) is 12.3 Å². The first-order valence-corrected chi connectivity index (χ1v) is 9.42. The molecular weight excluding hydrogens is 407 g/mol. The summed E-state index contributed by atoms with van der Waals surface area (Å²) in [5, 5.41) is 6.98. The van der Waals surface area contributed by atoms with Crippen LogP contribution in [0.25, 0.3) is 0 Å². The zero-order valence-corrected chi connectivity index (χ0v) is 16.0. The predicted molar refractivity (Wildman–Crippen MR) is 99.3 cm³/mol. The number of carbonyl (C=O) groups is 1. The number of alkyl halides is 3. The smallest absolute Gasteiger partial charge is 0.405 e. The minimum atomic E-state index is -4.81. The van der Waals surface area contributed by atoms with Gasteiger partial charge < -0.3 is 14.6 Å². The molecule has 0 saturated carbocycles. The lowest BCUT2D eigenvalue weighted by Gasteiger charge is -2.14. The van der Waals surface area contributed by atoms with E-state index < -0.39 is 12.3 Å². The Morgan fingerprint density at radius 2 is 2.03 bits per heavy atom. The highest BCUT2D eigenvalue weighted by atomic mass is 32.2. The first kappa shape index (κ1) is 20.7. The molecule has 1 N–H and O–H groups in total. The van der Waals surface area contributed by atoms with Crippen LogP contribution < -0.4 is 10.1 Å². The summed E-state index contributed by atoms with van der Waals surface area (Å²) in [6.45, 7) is 1.65. The molecule has 1 amide bonds. The van der Waals surface area contributed by atoms with E-state index in [1.807, 2.05) is 0 Å². The molecule has 0 radical (unpaired) electrons. The maximum absolute atomic E-state index is 12.6. The number of pyridine rings is 1. The van der Waals surface area contributed by atoms with Crippen molar-refractivity contribution in [3.63, 3.8) is 0 Å². The number of aryl methyl sites for hydroxylation is 1. The lowest BCUT2D eigenvalue weighted by atomic mass is 10.2. The number of carbonyl (C=O) groups excluding carboxylic acids is 1. The number of nitrogens with one attached hydrogen (secondary N) is 1. The molecule has 0 bridgehead atoms. The second kappa shape index (κ2) is 8.99. The van der Waals surface area contributed by atoms with E-state index in [0.29, 0.717) is 27.8 Å². The Labute approximate surface area is 168 Å². The largest absolute Gasteiger partial charge is 0.573 e. The summed E-state index contributed by atoms with van der Waals surface area (Å²) in [6, 6.07) is 10.6. The van der Waals surface area contributed by atoms with E-state index in [-0.39, 0.29) is 17.9 Å². The number of benzene rings is 1. The third kappa shape index (κ3) is 5.98. The molecule has 1 aromatic carbocycles. The average Bonchev–Trinajstić information content (AvgIpc) is 3.10. The number of halogens is 3. The summed E-state index contributed by atoms with van der Waals surface area (Å²) in [6.07, 6.45) is -3.26. The van der Waals surface area contributed by atoms with Crippen LogP contribution in [0, 0.1) is 6.92 Å². The molecule has 2 aromatic heterocycles. The van der Waals surface area contributed by atoms with Gasteiger partial charge in [0.15, 0.2) is 0 Å². The molecule has 0 fully saturated rings. The monoisotopic (exact) mass is 423 g/mol. The van der Waals surface area contributed by atoms with E-state index in [9.17, 15) is 18.0 Å². The summed E-state index contributed by atoms with van der Waals surface area (Å²) >= 11 is 1.31. The molecule has 0 spiro atoms. The van der Waals surface area contributed by atoms with Crippen molar-refractivity contribution in [1.82, 2.24) is 15.5 Å². The molecule has 10 heteroatoms. The first-order chi connectivity index (χ1) is 13.8. The molecule has 3 rings (SSSR count). The van der Waals surface area contributed by atoms with Crippen molar-refractivity contribution < 1.29 is 27.2 Å². The highest BCUT2D eigenvalue weighted by Gasteiger charge is 2.32. The number of para-hydroxylation sites is 1. The molecule has 152 valence electrons. The van der Waals surface area contributed by atoms with Crippen molar-refractivity contribution in [2.45, 2.75) is 30.6 Å². The van der Waals surface area contributed by atoms with Gasteiger partial charge in [0.2, 0.25) is 0 Å². The Hall–Kier alpha value is -3.01. The van der Waals surface area contributed by atoms with Gasteiger partial charge in [0, 0.05) is 30.1 Å². The summed E-state index contributed by atoms with van der Waals surface area (Å²) in [5.41, 5.74) is 1.23. The van der Waals surface area contributed by atoms with Crippen LogP contribution in [0.4, 0.5) is 13.2 Å². The molecule has 0 saturated heterocycles. The molecule has 29 heavy (non-hydrogen) atoms. The van der Waals surface area contributed by atoms with Gasteiger partial charge in [-0.3, -0.25) is 4.79 Å². The van der Waals surface area contributed by atoms with Gasteiger partial charge in [-0.2, -0.15) is 0 Å². The van der Waals surface area contributed by atoms with Gasteiger partial charge in [-0.25, -0.2) is 4.98 Å². The second-order valence-corrected chi connectivity index (χ2v) is 6.88. The number of ether oxygens (including phenoxy) is 1. The number of aromatic nitrogens is 2. The van der Waals surface area contributed by atoms with Crippen LogP contribution in [0.15, 0.2) is 58.2 Å². The lowest BCUT2D eigenvalue weighted by Crippen LogP contribution is -2.25. The van der Waals surface area contributed by atoms with Crippen molar-refractivity contribution in [1.29, 1.82) is 0 Å². The Morgan fingerprint density at radius 1 is 1.24 bits per heavy atom.